The number of nitrogens with one attached hydrogen (secondary N) is 4. The predicted octanol–water partition coefficient (Wildman–Crippen LogP) is 2.93. The minimum Gasteiger partial charge on any atom is -0.510 e. The number of rotatable bonds is 6. The fraction of sp³-hybridized carbons (Fsp3) is 0.475. The number of carbonyl (C=O) groups excluding carboxylic acids is 7. The number of nitrogens with zero attached hydrogens (tertiary/aromatic N) is 3. The minimum absolute atomic E-state index is 0.0545. The molecule has 3 aliphatic heterocycles. The highest BCUT2D eigenvalue weighted by Crippen LogP contribution is 2.28. The van der Waals surface area contributed by atoms with E-state index in [0.717, 1.165) is 16.5 Å². The van der Waals surface area contributed by atoms with Crippen molar-refractivity contribution in [1.29, 1.82) is 0 Å². The molecule has 0 bridgehead atoms. The summed E-state index contributed by atoms with van der Waals surface area (Å²) in [4.78, 5) is 101. The minimum atomic E-state index is -1.62. The summed E-state index contributed by atoms with van der Waals surface area (Å²) in [5.74, 6) is -6.30. The van der Waals surface area contributed by atoms with Gasteiger partial charge < -0.3 is 45.8 Å². The molecule has 3 heterocycles. The molecule has 7 amide bonds. The fourth-order valence-electron chi connectivity index (χ4n) is 7.60. The van der Waals surface area contributed by atoms with Crippen molar-refractivity contribution >= 4 is 58.8 Å². The Morgan fingerprint density at radius 3 is 2.41 bits per heavy atom. The molecule has 7 atom stereocenters. The second kappa shape index (κ2) is 18.3. The molecule has 0 radical (unpaired) electrons. The third kappa shape index (κ3) is 9.86. The van der Waals surface area contributed by atoms with E-state index in [1.807, 2.05) is 19.9 Å². The lowest BCUT2D eigenvalue weighted by Gasteiger charge is -2.35. The van der Waals surface area contributed by atoms with Crippen LogP contribution < -0.4 is 21.3 Å². The molecule has 3 aliphatic rings. The van der Waals surface area contributed by atoms with Gasteiger partial charge in [-0.3, -0.25) is 24.0 Å². The number of aliphatic hydroxyl groups excluding tert-OH is 1. The van der Waals surface area contributed by atoms with Gasteiger partial charge in [-0.05, 0) is 76.6 Å². The second-order valence-electron chi connectivity index (χ2n) is 15.2. The lowest BCUT2D eigenvalue weighted by Crippen LogP contribution is -2.61. The molecule has 5 N–H and O–H groups in total. The summed E-state index contributed by atoms with van der Waals surface area (Å²) in [6.45, 7) is 7.89. The SMILES string of the molecule is C/C(O)=C1\C(=O)N[C@@H](C)C(=O)N2C[C@H](C)C[C@H]2C(=O)O[C@@H](C)[C@H](NC(=O)[C@H](Cc2cccc(C)c2)NC(=O)Nc2ccc(Cl)cc2F)C(=O)N2CCC[C@H]2C(=O)N1C. The first-order valence-electron chi connectivity index (χ1n) is 19.0. The van der Waals surface area contributed by atoms with E-state index in [0.29, 0.717) is 12.0 Å². The molecule has 312 valence electrons. The molecule has 3 fully saturated rings. The number of halogens is 2. The maximum absolute atomic E-state index is 14.6. The van der Waals surface area contributed by atoms with Crippen molar-refractivity contribution in [3.63, 3.8) is 0 Å². The van der Waals surface area contributed by atoms with E-state index in [1.165, 1.54) is 49.8 Å². The first-order chi connectivity index (χ1) is 27.4. The van der Waals surface area contributed by atoms with Crippen molar-refractivity contribution in [2.45, 2.75) is 96.6 Å². The lowest BCUT2D eigenvalue weighted by atomic mass is 10.0. The van der Waals surface area contributed by atoms with Crippen LogP contribution in [0.2, 0.25) is 5.02 Å². The van der Waals surface area contributed by atoms with Crippen molar-refractivity contribution in [2.24, 2.45) is 5.92 Å². The molecule has 5 rings (SSSR count). The summed E-state index contributed by atoms with van der Waals surface area (Å²) in [7, 11) is 1.26. The zero-order valence-electron chi connectivity index (χ0n) is 33.1. The first-order valence-corrected chi connectivity index (χ1v) is 19.4. The number of hydrogen-bond donors (Lipinski definition) is 5. The zero-order chi connectivity index (χ0) is 42.6. The van der Waals surface area contributed by atoms with Gasteiger partial charge in [0.1, 0.15) is 53.6 Å². The van der Waals surface area contributed by atoms with Crippen molar-refractivity contribution in [1.82, 2.24) is 30.7 Å². The van der Waals surface area contributed by atoms with Crippen LogP contribution in [0.4, 0.5) is 14.9 Å². The van der Waals surface area contributed by atoms with Crippen LogP contribution in [-0.4, -0.2) is 118 Å². The molecule has 16 nitrogen and oxygen atoms in total. The van der Waals surface area contributed by atoms with E-state index in [1.54, 1.807) is 18.2 Å². The molecule has 2 aromatic carbocycles. The van der Waals surface area contributed by atoms with Gasteiger partial charge in [-0.1, -0.05) is 48.4 Å². The van der Waals surface area contributed by atoms with Gasteiger partial charge in [0.05, 0.1) is 5.69 Å². The number of ether oxygens (including phenoxy) is 1. The molecule has 18 heteroatoms. The molecule has 0 aliphatic carbocycles. The van der Waals surface area contributed by atoms with Crippen LogP contribution in [0.15, 0.2) is 53.9 Å². The second-order valence-corrected chi connectivity index (χ2v) is 15.6. The van der Waals surface area contributed by atoms with E-state index in [2.05, 4.69) is 21.3 Å². The molecule has 58 heavy (non-hydrogen) atoms. The zero-order valence-corrected chi connectivity index (χ0v) is 33.9. The Labute approximate surface area is 340 Å². The van der Waals surface area contributed by atoms with Crippen LogP contribution in [0.5, 0.6) is 0 Å². The number of benzene rings is 2. The quantitative estimate of drug-likeness (QED) is 0.165. The number of cyclic esters (lactones) is 1. The molecule has 2 aromatic rings. The Hall–Kier alpha value is -5.71. The van der Waals surface area contributed by atoms with Crippen LogP contribution in [0.25, 0.3) is 0 Å². The van der Waals surface area contributed by atoms with Crippen molar-refractivity contribution in [2.75, 3.05) is 25.5 Å². The van der Waals surface area contributed by atoms with Gasteiger partial charge in [0.15, 0.2) is 0 Å². The van der Waals surface area contributed by atoms with Crippen LogP contribution in [-0.2, 0) is 39.9 Å². The number of anilines is 1. The summed E-state index contributed by atoms with van der Waals surface area (Å²) < 4.78 is 20.5. The molecule has 0 spiro atoms. The summed E-state index contributed by atoms with van der Waals surface area (Å²) in [6.07, 6.45) is -0.731. The number of aryl methyl sites for hydroxylation is 1. The average Bonchev–Trinajstić information content (AvgIpc) is 3.80. The predicted molar refractivity (Wildman–Crippen MR) is 209 cm³/mol. The molecule has 0 unspecified atom stereocenters. The number of aliphatic hydroxyl groups is 1. The van der Waals surface area contributed by atoms with E-state index < -0.39 is 95.1 Å². The highest BCUT2D eigenvalue weighted by Gasteiger charge is 2.46. The Balaban J connectivity index is 1.52. The van der Waals surface area contributed by atoms with Crippen molar-refractivity contribution in [3.8, 4) is 0 Å². The van der Waals surface area contributed by atoms with Crippen LogP contribution in [0.1, 0.15) is 58.1 Å². The first kappa shape index (κ1) is 43.4. The number of urea groups is 1. The smallest absolute Gasteiger partial charge is 0.329 e. The summed E-state index contributed by atoms with van der Waals surface area (Å²) in [6, 6.07) is 3.36. The monoisotopic (exact) mass is 825 g/mol. The number of hydrogen-bond acceptors (Lipinski definition) is 9. The number of amides is 7. The maximum Gasteiger partial charge on any atom is 0.329 e. The third-order valence-electron chi connectivity index (χ3n) is 10.5. The van der Waals surface area contributed by atoms with Gasteiger partial charge in [-0.25, -0.2) is 14.0 Å². The van der Waals surface area contributed by atoms with Crippen LogP contribution >= 0.6 is 11.6 Å². The van der Waals surface area contributed by atoms with E-state index >= 15 is 0 Å². The number of likely N-dealkylation sites (N-methyl/N-ethyl adjacent to an activating group) is 1. The highest BCUT2D eigenvalue weighted by atomic mass is 35.5. The fourth-order valence-corrected chi connectivity index (χ4v) is 7.76. The maximum atomic E-state index is 14.6. The Morgan fingerprint density at radius 2 is 1.74 bits per heavy atom. The standard InChI is InChI=1S/C40H49ClFN7O9/c1-20-9-7-10-25(15-20)17-29(45-40(57)44-28-13-12-26(41)18-27(28)42)34(51)46-32-24(5)58-39(56)31-16-21(2)19-49(31)36(53)22(3)43-35(52)33(23(4)50)47(6)37(54)30-11-8-14-48(30)38(32)55/h7,9-10,12-13,15,18,21-22,24,29-32,50H,8,11,14,16-17,19H2,1-6H3,(H,43,52)(H,46,51)(H2,44,45,57)/b33-23-/t21-,22+,24+,29+,30+,31+,32+/m1/s1. The van der Waals surface area contributed by atoms with Gasteiger partial charge in [-0.15, -0.1) is 0 Å². The Bertz CT molecular complexity index is 2010. The van der Waals surface area contributed by atoms with Crippen molar-refractivity contribution in [3.05, 3.63) is 75.9 Å². The highest BCUT2D eigenvalue weighted by molar-refractivity contribution is 6.30. The van der Waals surface area contributed by atoms with E-state index in [4.69, 9.17) is 16.3 Å². The summed E-state index contributed by atoms with van der Waals surface area (Å²) in [5.41, 5.74) is 0.843. The van der Waals surface area contributed by atoms with Gasteiger partial charge in [0, 0.05) is 31.6 Å². The van der Waals surface area contributed by atoms with Crippen LogP contribution in [0, 0.1) is 18.7 Å². The van der Waals surface area contributed by atoms with Gasteiger partial charge in [0.2, 0.25) is 23.6 Å². The average molecular weight is 826 g/mol. The molecular weight excluding hydrogens is 777 g/mol. The summed E-state index contributed by atoms with van der Waals surface area (Å²) >= 11 is 5.86. The van der Waals surface area contributed by atoms with Crippen molar-refractivity contribution < 1.29 is 47.8 Å². The third-order valence-corrected chi connectivity index (χ3v) is 10.7. The normalized spacial score (nSPS) is 26.0. The molecule has 0 aromatic heterocycles. The molecule has 0 saturated carbocycles. The molecular formula is C40H49ClFN7O9. The molecule has 3 saturated heterocycles. The number of fused-ring (bicyclic) bond motifs is 2. The Kier molecular flexibility index (Phi) is 13.7. The lowest BCUT2D eigenvalue weighted by molar-refractivity contribution is -0.162. The van der Waals surface area contributed by atoms with Gasteiger partial charge in [-0.2, -0.15) is 0 Å². The Morgan fingerprint density at radius 1 is 1.02 bits per heavy atom. The van der Waals surface area contributed by atoms with Crippen LogP contribution in [0.3, 0.4) is 0 Å². The van der Waals surface area contributed by atoms with E-state index in [-0.39, 0.29) is 49.0 Å². The van der Waals surface area contributed by atoms with E-state index in [9.17, 15) is 43.1 Å². The largest absolute Gasteiger partial charge is 0.510 e. The topological polar surface area (TPSA) is 207 Å². The van der Waals surface area contributed by atoms with Gasteiger partial charge in [0.25, 0.3) is 5.91 Å². The number of carbonyl (C=O) groups is 7. The summed E-state index contributed by atoms with van der Waals surface area (Å²) in [5, 5.41) is 20.8. The number of esters is 1. The van der Waals surface area contributed by atoms with Gasteiger partial charge >= 0.3 is 12.0 Å². The number of allylic oxidation sites excluding steroid dienone is 1.